The van der Waals surface area contributed by atoms with Crippen LogP contribution in [0.2, 0.25) is 5.02 Å². The topological polar surface area (TPSA) is 105 Å². The highest BCUT2D eigenvalue weighted by atomic mass is 35.5. The molecule has 24 heavy (non-hydrogen) atoms. The number of oxime groups is 1. The minimum atomic E-state index is -3.86. The van der Waals surface area contributed by atoms with Crippen molar-refractivity contribution >= 4 is 33.1 Å². The lowest BCUT2D eigenvalue weighted by molar-refractivity contribution is 0.247. The largest absolute Gasteiger partial charge is 0.478 e. The van der Waals surface area contributed by atoms with Crippen molar-refractivity contribution in [2.24, 2.45) is 10.9 Å². The molecule has 0 amide bonds. The number of rotatable bonds is 3. The van der Waals surface area contributed by atoms with Crippen LogP contribution in [0.4, 0.5) is 5.69 Å². The van der Waals surface area contributed by atoms with Crippen molar-refractivity contribution in [1.82, 2.24) is 0 Å². The van der Waals surface area contributed by atoms with Crippen LogP contribution in [0, 0.1) is 0 Å². The molecule has 3 N–H and O–H groups in total. The number of anilines is 1. The fourth-order valence-electron chi connectivity index (χ4n) is 2.39. The number of amidine groups is 1. The molecule has 1 atom stereocenters. The van der Waals surface area contributed by atoms with E-state index in [0.29, 0.717) is 10.7 Å². The number of sulfonamides is 1. The first-order valence-corrected chi connectivity index (χ1v) is 8.76. The van der Waals surface area contributed by atoms with E-state index < -0.39 is 16.1 Å². The Hall–Kier alpha value is -2.45. The number of fused-ring (bicyclic) bond motifs is 1. The molecular formula is C15H14ClN3O4S. The second-order valence-corrected chi connectivity index (χ2v) is 7.39. The quantitative estimate of drug-likeness (QED) is 0.374. The Morgan fingerprint density at radius 3 is 2.67 bits per heavy atom. The zero-order chi connectivity index (χ0) is 17.3. The van der Waals surface area contributed by atoms with Gasteiger partial charge in [-0.2, -0.15) is 0 Å². The number of nitrogens with zero attached hydrogens (tertiary/aromatic N) is 2. The Bertz CT molecular complexity index is 887. The van der Waals surface area contributed by atoms with E-state index in [1.807, 2.05) is 0 Å². The van der Waals surface area contributed by atoms with Gasteiger partial charge in [0.1, 0.15) is 5.75 Å². The van der Waals surface area contributed by atoms with Crippen molar-refractivity contribution in [2.45, 2.75) is 11.0 Å². The van der Waals surface area contributed by atoms with Crippen LogP contribution in [-0.2, 0) is 10.0 Å². The van der Waals surface area contributed by atoms with Crippen molar-refractivity contribution in [3.63, 3.8) is 0 Å². The van der Waals surface area contributed by atoms with Crippen LogP contribution in [0.3, 0.4) is 0 Å². The second kappa shape index (κ2) is 6.21. The van der Waals surface area contributed by atoms with Crippen LogP contribution >= 0.6 is 11.6 Å². The Kier molecular flexibility index (Phi) is 4.25. The van der Waals surface area contributed by atoms with E-state index in [2.05, 4.69) is 5.16 Å². The molecular weight excluding hydrogens is 354 g/mol. The third-order valence-electron chi connectivity index (χ3n) is 3.57. The Labute approximate surface area is 143 Å². The molecule has 1 aliphatic heterocycles. The van der Waals surface area contributed by atoms with Gasteiger partial charge in [-0.3, -0.25) is 4.31 Å². The van der Waals surface area contributed by atoms with Gasteiger partial charge in [-0.25, -0.2) is 8.42 Å². The first kappa shape index (κ1) is 16.4. The predicted molar refractivity (Wildman–Crippen MR) is 90.3 cm³/mol. The van der Waals surface area contributed by atoms with E-state index in [0.717, 1.165) is 4.31 Å². The number of halogens is 1. The van der Waals surface area contributed by atoms with Crippen molar-refractivity contribution in [1.29, 1.82) is 0 Å². The molecule has 0 spiro atoms. The van der Waals surface area contributed by atoms with Gasteiger partial charge in [0, 0.05) is 5.02 Å². The molecule has 0 saturated carbocycles. The highest BCUT2D eigenvalue weighted by Crippen LogP contribution is 2.38. The maximum Gasteiger partial charge on any atom is 0.264 e. The molecule has 1 unspecified atom stereocenters. The molecule has 0 aliphatic carbocycles. The van der Waals surface area contributed by atoms with E-state index in [-0.39, 0.29) is 23.0 Å². The van der Waals surface area contributed by atoms with Crippen LogP contribution in [0.1, 0.15) is 0 Å². The summed E-state index contributed by atoms with van der Waals surface area (Å²) in [7, 11) is -3.86. The van der Waals surface area contributed by atoms with Gasteiger partial charge in [0.15, 0.2) is 11.9 Å². The predicted octanol–water partition coefficient (Wildman–Crippen LogP) is 2.04. The number of benzene rings is 2. The van der Waals surface area contributed by atoms with Crippen LogP contribution in [0.25, 0.3) is 0 Å². The third-order valence-corrected chi connectivity index (χ3v) is 5.60. The van der Waals surface area contributed by atoms with Crippen LogP contribution in [0.5, 0.6) is 5.75 Å². The van der Waals surface area contributed by atoms with E-state index in [1.54, 1.807) is 30.3 Å². The molecule has 3 rings (SSSR count). The lowest BCUT2D eigenvalue weighted by Crippen LogP contribution is -2.49. The second-order valence-electron chi connectivity index (χ2n) is 5.09. The van der Waals surface area contributed by atoms with E-state index in [9.17, 15) is 8.42 Å². The third kappa shape index (κ3) is 2.85. The van der Waals surface area contributed by atoms with Gasteiger partial charge in [-0.1, -0.05) is 35.0 Å². The van der Waals surface area contributed by atoms with E-state index in [1.165, 1.54) is 18.2 Å². The summed E-state index contributed by atoms with van der Waals surface area (Å²) in [5, 5.41) is 12.2. The average Bonchev–Trinajstić information content (AvgIpc) is 2.60. The summed E-state index contributed by atoms with van der Waals surface area (Å²) < 4.78 is 32.8. The lowest BCUT2D eigenvalue weighted by atomic mass is 10.2. The van der Waals surface area contributed by atoms with E-state index in [4.69, 9.17) is 27.3 Å². The lowest BCUT2D eigenvalue weighted by Gasteiger charge is -2.34. The van der Waals surface area contributed by atoms with Gasteiger partial charge < -0.3 is 15.7 Å². The fraction of sp³-hybridized carbons (Fsp3) is 0.133. The number of nitrogens with two attached hydrogens (primary N) is 1. The molecule has 0 aromatic heterocycles. The van der Waals surface area contributed by atoms with Gasteiger partial charge >= 0.3 is 0 Å². The molecule has 0 fully saturated rings. The molecule has 1 heterocycles. The Morgan fingerprint density at radius 2 is 2.00 bits per heavy atom. The monoisotopic (exact) mass is 367 g/mol. The molecule has 2 aromatic rings. The SMILES string of the molecule is N/C(=N\O)C1CN(S(=O)(=O)c2ccccc2)c2cc(Cl)ccc2O1. The first-order chi connectivity index (χ1) is 11.4. The van der Waals surface area contributed by atoms with Gasteiger partial charge in [-0.05, 0) is 30.3 Å². The normalized spacial score (nSPS) is 18.0. The standard InChI is InChI=1S/C15H14ClN3O4S/c16-10-6-7-13-12(8-10)19(9-14(23-13)15(17)18-20)24(21,22)11-4-2-1-3-5-11/h1-8,14,20H,9H2,(H2,17,18). The molecule has 0 radical (unpaired) electrons. The van der Waals surface area contributed by atoms with Crippen molar-refractivity contribution in [3.8, 4) is 5.75 Å². The van der Waals surface area contributed by atoms with Crippen LogP contribution < -0.4 is 14.8 Å². The average molecular weight is 368 g/mol. The number of hydrogen-bond acceptors (Lipinski definition) is 5. The minimum Gasteiger partial charge on any atom is -0.478 e. The Balaban J connectivity index is 2.13. The summed E-state index contributed by atoms with van der Waals surface area (Å²) >= 11 is 6.00. The van der Waals surface area contributed by atoms with Gasteiger partial charge in [0.05, 0.1) is 17.1 Å². The molecule has 0 saturated heterocycles. The van der Waals surface area contributed by atoms with Crippen molar-refractivity contribution < 1.29 is 18.4 Å². The van der Waals surface area contributed by atoms with Crippen molar-refractivity contribution in [3.05, 3.63) is 53.6 Å². The highest BCUT2D eigenvalue weighted by Gasteiger charge is 2.36. The van der Waals surface area contributed by atoms with Gasteiger partial charge in [0.25, 0.3) is 10.0 Å². The summed E-state index contributed by atoms with van der Waals surface area (Å²) in [5.74, 6) is 0.0608. The van der Waals surface area contributed by atoms with E-state index >= 15 is 0 Å². The minimum absolute atomic E-state index is 0.121. The molecule has 126 valence electrons. The summed E-state index contributed by atoms with van der Waals surface area (Å²) in [6, 6.07) is 12.6. The molecule has 9 heteroatoms. The number of hydrogen-bond donors (Lipinski definition) is 2. The van der Waals surface area contributed by atoms with Crippen molar-refractivity contribution in [2.75, 3.05) is 10.8 Å². The molecule has 7 nitrogen and oxygen atoms in total. The summed E-state index contributed by atoms with van der Waals surface area (Å²) in [6.45, 7) is -0.138. The Morgan fingerprint density at radius 1 is 1.29 bits per heavy atom. The fourth-order valence-corrected chi connectivity index (χ4v) is 4.05. The zero-order valence-electron chi connectivity index (χ0n) is 12.3. The molecule has 0 bridgehead atoms. The molecule has 1 aliphatic rings. The summed E-state index contributed by atoms with van der Waals surface area (Å²) in [5.41, 5.74) is 5.91. The molecule has 2 aromatic carbocycles. The maximum atomic E-state index is 13.0. The van der Waals surface area contributed by atoms with Crippen LogP contribution in [-0.4, -0.2) is 32.1 Å². The van der Waals surface area contributed by atoms with Crippen LogP contribution in [0.15, 0.2) is 58.6 Å². The first-order valence-electron chi connectivity index (χ1n) is 6.95. The summed E-state index contributed by atoms with van der Waals surface area (Å²) in [6.07, 6.45) is -0.915. The zero-order valence-corrected chi connectivity index (χ0v) is 13.9. The highest BCUT2D eigenvalue weighted by molar-refractivity contribution is 7.92. The maximum absolute atomic E-state index is 13.0. The van der Waals surface area contributed by atoms with Gasteiger partial charge in [-0.15, -0.1) is 0 Å². The van der Waals surface area contributed by atoms with Gasteiger partial charge in [0.2, 0.25) is 0 Å². The smallest absolute Gasteiger partial charge is 0.264 e. The number of ether oxygens (including phenoxy) is 1. The summed E-state index contributed by atoms with van der Waals surface area (Å²) in [4.78, 5) is 0.121.